The summed E-state index contributed by atoms with van der Waals surface area (Å²) in [6.07, 6.45) is 4.45. The SMILES string of the molecule is Cc1noc(C)c1CN1CCN2C(C(=O)Nc3cccnc3)=COC2=NC1=O. The molecule has 2 aliphatic heterocycles. The van der Waals surface area contributed by atoms with Gasteiger partial charge in [-0.25, -0.2) is 4.79 Å². The third-order valence-corrected chi connectivity index (χ3v) is 4.54. The van der Waals surface area contributed by atoms with Gasteiger partial charge in [0.15, 0.2) is 0 Å². The second kappa shape index (κ2) is 7.14. The Balaban J connectivity index is 1.48. The number of hydrogen-bond acceptors (Lipinski definition) is 7. The number of aromatic nitrogens is 2. The smallest absolute Gasteiger partial charge is 0.348 e. The largest absolute Gasteiger partial charge is 0.431 e. The van der Waals surface area contributed by atoms with Crippen molar-refractivity contribution in [1.29, 1.82) is 0 Å². The van der Waals surface area contributed by atoms with E-state index in [0.717, 1.165) is 11.3 Å². The van der Waals surface area contributed by atoms with Crippen LogP contribution in [0.15, 0.2) is 46.0 Å². The van der Waals surface area contributed by atoms with E-state index in [1.54, 1.807) is 41.2 Å². The average molecular weight is 382 g/mol. The normalized spacial score (nSPS) is 16.1. The number of amides is 3. The molecule has 0 aliphatic carbocycles. The summed E-state index contributed by atoms with van der Waals surface area (Å²) < 4.78 is 10.5. The van der Waals surface area contributed by atoms with E-state index >= 15 is 0 Å². The molecular formula is C18H18N6O4. The van der Waals surface area contributed by atoms with Crippen molar-refractivity contribution in [2.45, 2.75) is 20.4 Å². The average Bonchev–Trinajstić information content (AvgIpc) is 3.18. The van der Waals surface area contributed by atoms with Crippen LogP contribution in [0, 0.1) is 13.8 Å². The molecule has 0 unspecified atom stereocenters. The van der Waals surface area contributed by atoms with Crippen molar-refractivity contribution in [3.05, 3.63) is 53.5 Å². The number of aryl methyl sites for hydroxylation is 2. The highest BCUT2D eigenvalue weighted by Gasteiger charge is 2.34. The van der Waals surface area contributed by atoms with Crippen molar-refractivity contribution in [2.24, 2.45) is 4.99 Å². The summed E-state index contributed by atoms with van der Waals surface area (Å²) >= 11 is 0. The standard InChI is InChI=1S/C18H18N6O4/c1-11-14(12(2)28-22-11)9-23-6-7-24-15(10-27-18(24)21-17(23)26)16(25)20-13-4-3-5-19-8-13/h3-5,8,10H,6-7,9H2,1-2H3,(H,20,25). The molecule has 2 aromatic heterocycles. The van der Waals surface area contributed by atoms with Gasteiger partial charge in [-0.1, -0.05) is 5.16 Å². The van der Waals surface area contributed by atoms with E-state index in [0.29, 0.717) is 31.1 Å². The number of fused-ring (bicyclic) bond motifs is 1. The second-order valence-electron chi connectivity index (χ2n) is 6.37. The van der Waals surface area contributed by atoms with Gasteiger partial charge in [0.25, 0.3) is 5.91 Å². The fourth-order valence-electron chi connectivity index (χ4n) is 2.98. The van der Waals surface area contributed by atoms with Crippen LogP contribution >= 0.6 is 0 Å². The van der Waals surface area contributed by atoms with E-state index < -0.39 is 6.03 Å². The molecule has 3 amide bonds. The molecule has 144 valence electrons. The molecule has 0 bridgehead atoms. The van der Waals surface area contributed by atoms with Gasteiger partial charge in [0.05, 0.1) is 24.1 Å². The number of carbonyl (C=O) groups excluding carboxylic acids is 2. The van der Waals surface area contributed by atoms with E-state index in [2.05, 4.69) is 20.4 Å². The number of hydrogen-bond donors (Lipinski definition) is 1. The maximum atomic E-state index is 12.6. The Bertz CT molecular complexity index is 962. The summed E-state index contributed by atoms with van der Waals surface area (Å²) in [5.41, 5.74) is 2.41. The van der Waals surface area contributed by atoms with Crippen LogP contribution in [0.25, 0.3) is 0 Å². The highest BCUT2D eigenvalue weighted by Crippen LogP contribution is 2.22. The first kappa shape index (κ1) is 17.7. The highest BCUT2D eigenvalue weighted by atomic mass is 16.5. The predicted molar refractivity (Wildman–Crippen MR) is 98.0 cm³/mol. The van der Waals surface area contributed by atoms with Crippen LogP contribution in [0.1, 0.15) is 17.0 Å². The molecule has 4 heterocycles. The Morgan fingerprint density at radius 2 is 2.18 bits per heavy atom. The second-order valence-corrected chi connectivity index (χ2v) is 6.37. The maximum absolute atomic E-state index is 12.6. The first-order valence-electron chi connectivity index (χ1n) is 8.68. The van der Waals surface area contributed by atoms with Crippen molar-refractivity contribution in [3.8, 4) is 0 Å². The number of ether oxygens (including phenoxy) is 1. The zero-order valence-electron chi connectivity index (χ0n) is 15.4. The lowest BCUT2D eigenvalue weighted by molar-refractivity contribution is -0.113. The van der Waals surface area contributed by atoms with Crippen molar-refractivity contribution < 1.29 is 18.8 Å². The molecule has 0 saturated carbocycles. The van der Waals surface area contributed by atoms with Crippen molar-refractivity contribution in [2.75, 3.05) is 18.4 Å². The molecule has 10 heteroatoms. The molecule has 0 spiro atoms. The molecule has 0 atom stereocenters. The fraction of sp³-hybridized carbons (Fsp3) is 0.278. The van der Waals surface area contributed by atoms with Crippen LogP contribution in [-0.2, 0) is 16.1 Å². The molecule has 0 radical (unpaired) electrons. The van der Waals surface area contributed by atoms with Crippen LogP contribution in [0.2, 0.25) is 0 Å². The van der Waals surface area contributed by atoms with Crippen LogP contribution in [0.4, 0.5) is 10.5 Å². The van der Waals surface area contributed by atoms with Crippen molar-refractivity contribution in [1.82, 2.24) is 19.9 Å². The van der Waals surface area contributed by atoms with Crippen molar-refractivity contribution in [3.63, 3.8) is 0 Å². The van der Waals surface area contributed by atoms with Gasteiger partial charge in [-0.2, -0.15) is 0 Å². The molecule has 28 heavy (non-hydrogen) atoms. The Kier molecular flexibility index (Phi) is 4.52. The van der Waals surface area contributed by atoms with Gasteiger partial charge in [-0.15, -0.1) is 4.99 Å². The van der Waals surface area contributed by atoms with Gasteiger partial charge < -0.3 is 19.5 Å². The minimum Gasteiger partial charge on any atom is -0.431 e. The number of urea groups is 1. The molecule has 10 nitrogen and oxygen atoms in total. The van der Waals surface area contributed by atoms with Gasteiger partial charge in [-0.05, 0) is 26.0 Å². The third-order valence-electron chi connectivity index (χ3n) is 4.54. The number of amidine groups is 1. The predicted octanol–water partition coefficient (Wildman–Crippen LogP) is 1.79. The number of nitrogens with zero attached hydrogens (tertiary/aromatic N) is 5. The lowest BCUT2D eigenvalue weighted by atomic mass is 10.2. The van der Waals surface area contributed by atoms with Crippen LogP contribution in [0.3, 0.4) is 0 Å². The van der Waals surface area contributed by atoms with Crippen LogP contribution < -0.4 is 5.32 Å². The quantitative estimate of drug-likeness (QED) is 0.857. The number of nitrogens with one attached hydrogen (secondary N) is 1. The molecule has 0 aromatic carbocycles. The highest BCUT2D eigenvalue weighted by molar-refractivity contribution is 6.07. The summed E-state index contributed by atoms with van der Waals surface area (Å²) in [6, 6.07) is 3.09. The molecule has 2 aliphatic rings. The maximum Gasteiger partial charge on any atom is 0.348 e. The van der Waals surface area contributed by atoms with Gasteiger partial charge in [0, 0.05) is 24.8 Å². The van der Waals surface area contributed by atoms with Gasteiger partial charge in [-0.3, -0.25) is 14.7 Å². The summed E-state index contributed by atoms with van der Waals surface area (Å²) in [6.45, 7) is 4.67. The monoisotopic (exact) mass is 382 g/mol. The summed E-state index contributed by atoms with van der Waals surface area (Å²) in [5.74, 6) is 0.292. The lowest BCUT2D eigenvalue weighted by Gasteiger charge is -2.21. The zero-order chi connectivity index (χ0) is 19.7. The number of anilines is 1. The summed E-state index contributed by atoms with van der Waals surface area (Å²) in [7, 11) is 0. The van der Waals surface area contributed by atoms with Crippen LogP contribution in [0.5, 0.6) is 0 Å². The number of rotatable bonds is 4. The minimum atomic E-state index is -0.445. The lowest BCUT2D eigenvalue weighted by Crippen LogP contribution is -2.36. The van der Waals surface area contributed by atoms with E-state index in [1.807, 2.05) is 6.92 Å². The molecule has 2 aromatic rings. The number of carbonyl (C=O) groups is 2. The van der Waals surface area contributed by atoms with Gasteiger partial charge in [0.2, 0.25) is 0 Å². The molecule has 0 saturated heterocycles. The van der Waals surface area contributed by atoms with Crippen molar-refractivity contribution >= 4 is 23.6 Å². The zero-order valence-corrected chi connectivity index (χ0v) is 15.4. The van der Waals surface area contributed by atoms with E-state index in [9.17, 15) is 9.59 Å². The molecule has 0 fully saturated rings. The van der Waals surface area contributed by atoms with Gasteiger partial charge >= 0.3 is 12.1 Å². The van der Waals surface area contributed by atoms with E-state index in [4.69, 9.17) is 9.26 Å². The summed E-state index contributed by atoms with van der Waals surface area (Å²) in [5, 5.41) is 6.66. The Morgan fingerprint density at radius 1 is 1.32 bits per heavy atom. The molecule has 1 N–H and O–H groups in total. The minimum absolute atomic E-state index is 0.0857. The Hall–Kier alpha value is -3.69. The fourth-order valence-corrected chi connectivity index (χ4v) is 2.98. The number of pyridine rings is 1. The first-order chi connectivity index (χ1) is 13.5. The third kappa shape index (κ3) is 3.31. The number of aliphatic imine (C=N–C) groups is 1. The first-order valence-corrected chi connectivity index (χ1v) is 8.68. The Labute approximate surface area is 160 Å². The Morgan fingerprint density at radius 3 is 2.89 bits per heavy atom. The van der Waals surface area contributed by atoms with E-state index in [1.165, 1.54) is 6.26 Å². The van der Waals surface area contributed by atoms with Crippen LogP contribution in [-0.4, -0.2) is 51.0 Å². The topological polar surface area (TPSA) is 113 Å². The molecular weight excluding hydrogens is 364 g/mol. The molecule has 4 rings (SSSR count). The van der Waals surface area contributed by atoms with E-state index in [-0.39, 0.29) is 17.6 Å². The van der Waals surface area contributed by atoms with Gasteiger partial charge in [0.1, 0.15) is 17.7 Å². The summed E-state index contributed by atoms with van der Waals surface area (Å²) in [4.78, 5) is 36.2.